The van der Waals surface area contributed by atoms with Crippen LogP contribution in [-0.4, -0.2) is 62.1 Å². The third-order valence-electron chi connectivity index (χ3n) is 9.52. The van der Waals surface area contributed by atoms with Crippen LogP contribution in [0.2, 0.25) is 10.0 Å². The van der Waals surface area contributed by atoms with E-state index >= 15 is 0 Å². The van der Waals surface area contributed by atoms with Gasteiger partial charge in [0.25, 0.3) is 0 Å². The predicted octanol–water partition coefficient (Wildman–Crippen LogP) is 5.51. The summed E-state index contributed by atoms with van der Waals surface area (Å²) in [6, 6.07) is 19.4. The first-order valence-electron chi connectivity index (χ1n) is 16.1. The second-order valence-corrected chi connectivity index (χ2v) is 13.1. The lowest BCUT2D eigenvalue weighted by Gasteiger charge is -2.44. The first kappa shape index (κ1) is 34.4. The highest BCUT2D eigenvalue weighted by Gasteiger charge is 2.38. The lowest BCUT2D eigenvalue weighted by molar-refractivity contribution is -0.904. The lowest BCUT2D eigenvalue weighted by Crippen LogP contribution is -2.53. The molecule has 4 heterocycles. The van der Waals surface area contributed by atoms with Gasteiger partial charge in [-0.2, -0.15) is 0 Å². The molecule has 0 saturated carbocycles. The molecule has 0 unspecified atom stereocenters. The molecule has 2 atom stereocenters. The van der Waals surface area contributed by atoms with Gasteiger partial charge in [-0.15, -0.1) is 0 Å². The Balaban J connectivity index is 1.48. The van der Waals surface area contributed by atoms with Crippen molar-refractivity contribution in [2.45, 2.75) is 37.8 Å². The van der Waals surface area contributed by atoms with Crippen LogP contribution in [0.1, 0.15) is 51.4 Å². The Morgan fingerprint density at radius 2 is 1.67 bits per heavy atom. The fourth-order valence-corrected chi connectivity index (χ4v) is 7.62. The highest BCUT2D eigenvalue weighted by Crippen LogP contribution is 2.41. The molecule has 3 fully saturated rings. The number of rotatable bonds is 11. The van der Waals surface area contributed by atoms with Gasteiger partial charge in [0.2, 0.25) is 12.4 Å². The van der Waals surface area contributed by atoms with Gasteiger partial charge < -0.3 is 24.1 Å². The number of carbonyl (C=O) groups is 2. The maximum atomic E-state index is 14.1. The van der Waals surface area contributed by atoms with Crippen molar-refractivity contribution in [2.75, 3.05) is 38.8 Å². The van der Waals surface area contributed by atoms with Gasteiger partial charge in [0, 0.05) is 34.0 Å². The number of anilines is 1. The van der Waals surface area contributed by atoms with Crippen LogP contribution in [0.25, 0.3) is 0 Å². The average Bonchev–Trinajstić information content (AvgIpc) is 3.11. The van der Waals surface area contributed by atoms with Crippen molar-refractivity contribution in [3.8, 4) is 11.5 Å². The fourth-order valence-electron chi connectivity index (χ4n) is 7.01. The molecule has 1 amide bonds. The van der Waals surface area contributed by atoms with Gasteiger partial charge in [-0.25, -0.2) is 4.79 Å². The number of benzene rings is 3. The van der Waals surface area contributed by atoms with Crippen LogP contribution in [0.3, 0.4) is 0 Å². The minimum Gasteiger partial charge on any atom is -0.545 e. The first-order chi connectivity index (χ1) is 23.7. The Bertz CT molecular complexity index is 1810. The second-order valence-electron chi connectivity index (χ2n) is 12.3. The van der Waals surface area contributed by atoms with Gasteiger partial charge in [-0.3, -0.25) is 15.0 Å². The quantitative estimate of drug-likeness (QED) is 0.161. The molecule has 49 heavy (non-hydrogen) atoms. The largest absolute Gasteiger partial charge is 0.545 e. The Kier molecular flexibility index (Phi) is 10.5. The number of carboxylic acid groups (broad SMARTS) is 1. The molecular weight excluding hydrogens is 669 g/mol. The maximum absolute atomic E-state index is 14.1. The van der Waals surface area contributed by atoms with E-state index in [4.69, 9.17) is 37.4 Å². The number of pyridine rings is 1. The van der Waals surface area contributed by atoms with E-state index < -0.39 is 18.0 Å². The van der Waals surface area contributed by atoms with Crippen LogP contribution < -0.4 is 24.2 Å². The molecule has 1 aromatic heterocycles. The number of carbonyl (C=O) groups excluding carboxylic acids is 2. The zero-order valence-electron chi connectivity index (χ0n) is 27.2. The third-order valence-corrected chi connectivity index (χ3v) is 10.2. The van der Waals surface area contributed by atoms with Crippen molar-refractivity contribution in [1.82, 2.24) is 4.90 Å². The number of aromatic carboxylic acids is 1. The number of methoxy groups -OCH3 is 2. The number of carboxylic acids is 1. The van der Waals surface area contributed by atoms with E-state index in [9.17, 15) is 19.9 Å². The van der Waals surface area contributed by atoms with Gasteiger partial charge in [-0.05, 0) is 79.2 Å². The maximum Gasteiger partial charge on any atom is 0.414 e. The topological polar surface area (TPSA) is 115 Å². The average molecular weight is 707 g/mol. The second kappa shape index (κ2) is 14.9. The van der Waals surface area contributed by atoms with Crippen molar-refractivity contribution >= 4 is 41.0 Å². The van der Waals surface area contributed by atoms with Crippen molar-refractivity contribution in [3.63, 3.8) is 0 Å². The SMILES string of the molecule is COc1ccc([C@H](Cc2c(Cl)c[n+](O)cc2Cl)c2c(CN(C(=O)O[C@H]3CN4CCC3CC4)c3ccccc3)cccc2C(=O)[O-])cc1OC. The van der Waals surface area contributed by atoms with Crippen LogP contribution >= 0.6 is 23.2 Å². The number of halogens is 2. The van der Waals surface area contributed by atoms with E-state index in [2.05, 4.69) is 4.90 Å². The molecule has 12 heteroatoms. The Labute approximate surface area is 294 Å². The van der Waals surface area contributed by atoms with Gasteiger partial charge in [0.15, 0.2) is 11.5 Å². The molecule has 0 spiro atoms. The highest BCUT2D eigenvalue weighted by atomic mass is 35.5. The minimum absolute atomic E-state index is 0.00289. The van der Waals surface area contributed by atoms with Crippen molar-refractivity contribution in [3.05, 3.63) is 117 Å². The number of hydrogen-bond donors (Lipinski definition) is 1. The van der Waals surface area contributed by atoms with E-state index in [1.54, 1.807) is 29.2 Å². The van der Waals surface area contributed by atoms with Crippen molar-refractivity contribution < 1.29 is 38.8 Å². The van der Waals surface area contributed by atoms with Gasteiger partial charge in [-0.1, -0.05) is 65.7 Å². The summed E-state index contributed by atoms with van der Waals surface area (Å²) in [7, 11) is 3.04. The number of fused-ring (bicyclic) bond motifs is 3. The van der Waals surface area contributed by atoms with E-state index in [1.807, 2.05) is 36.4 Å². The molecule has 0 aliphatic carbocycles. The molecule has 3 saturated heterocycles. The van der Waals surface area contributed by atoms with Gasteiger partial charge >= 0.3 is 6.09 Å². The predicted molar refractivity (Wildman–Crippen MR) is 182 cm³/mol. The molecule has 10 nitrogen and oxygen atoms in total. The van der Waals surface area contributed by atoms with E-state index in [0.717, 1.165) is 30.7 Å². The smallest absolute Gasteiger partial charge is 0.414 e. The number of para-hydroxylation sites is 1. The standard InChI is InChI=1S/C37H37Cl2N3O7/c1-47-32-12-11-24(17-33(32)48-2)28(18-29-30(38)20-41(46)21-31(29)39)35-25(7-6-10-27(35)36(43)44)19-42(26-8-4-3-5-9-26)37(45)49-34-22-40-15-13-23(34)14-16-40/h3-12,17,20-21,23,28,34H,13-16,18-19,22H2,1-2H3,(H-,43,44,46)/t28-,34-/m0/s1. The summed E-state index contributed by atoms with van der Waals surface area (Å²) in [5, 5.41) is 23.3. The summed E-state index contributed by atoms with van der Waals surface area (Å²) in [6.07, 6.45) is 3.96. The Hall–Kier alpha value is -4.51. The molecule has 3 aliphatic heterocycles. The molecule has 2 bridgehead atoms. The zero-order chi connectivity index (χ0) is 34.7. The van der Waals surface area contributed by atoms with Crippen LogP contribution in [0.15, 0.2) is 79.1 Å². The van der Waals surface area contributed by atoms with Crippen LogP contribution in [0, 0.1) is 5.92 Å². The van der Waals surface area contributed by atoms with Crippen LogP contribution in [-0.2, 0) is 17.7 Å². The molecule has 4 aromatic rings. The number of amides is 1. The Morgan fingerprint density at radius 1 is 0.980 bits per heavy atom. The number of nitrogens with zero attached hydrogens (tertiary/aromatic N) is 3. The molecule has 256 valence electrons. The van der Waals surface area contributed by atoms with Gasteiger partial charge in [0.05, 0.1) is 26.7 Å². The summed E-state index contributed by atoms with van der Waals surface area (Å²) >= 11 is 13.2. The molecule has 1 N–H and O–H groups in total. The summed E-state index contributed by atoms with van der Waals surface area (Å²) < 4.78 is 18.1. The van der Waals surface area contributed by atoms with Crippen LogP contribution in [0.4, 0.5) is 10.5 Å². The highest BCUT2D eigenvalue weighted by molar-refractivity contribution is 6.35. The van der Waals surface area contributed by atoms with Crippen LogP contribution in [0.5, 0.6) is 11.5 Å². The molecule has 7 rings (SSSR count). The third kappa shape index (κ3) is 7.41. The molecule has 3 aliphatic rings. The molecular formula is C37H37Cl2N3O7. The summed E-state index contributed by atoms with van der Waals surface area (Å²) in [5.41, 5.74) is 2.64. The van der Waals surface area contributed by atoms with Gasteiger partial charge in [0.1, 0.15) is 16.1 Å². The number of aromatic nitrogens is 1. The molecule has 0 radical (unpaired) electrons. The number of hydrogen-bond acceptors (Lipinski definition) is 8. The number of piperidine rings is 3. The monoisotopic (exact) mass is 705 g/mol. The Morgan fingerprint density at radius 3 is 2.29 bits per heavy atom. The molecule has 3 aromatic carbocycles. The lowest BCUT2D eigenvalue weighted by atomic mass is 9.80. The number of ether oxygens (including phenoxy) is 3. The first-order valence-corrected chi connectivity index (χ1v) is 16.8. The van der Waals surface area contributed by atoms with Crippen molar-refractivity contribution in [2.24, 2.45) is 5.92 Å². The summed E-state index contributed by atoms with van der Waals surface area (Å²) in [5.74, 6) is -0.856. The van der Waals surface area contributed by atoms with E-state index in [-0.39, 0.29) is 34.7 Å². The minimum atomic E-state index is -1.39. The summed E-state index contributed by atoms with van der Waals surface area (Å²) in [6.45, 7) is 2.70. The van der Waals surface area contributed by atoms with E-state index in [0.29, 0.717) is 51.9 Å². The normalized spacial score (nSPS) is 18.8. The fraction of sp³-hybridized carbons (Fsp3) is 0.324. The zero-order valence-corrected chi connectivity index (χ0v) is 28.7. The van der Waals surface area contributed by atoms with E-state index in [1.165, 1.54) is 32.7 Å². The summed E-state index contributed by atoms with van der Waals surface area (Å²) in [4.78, 5) is 30.8. The van der Waals surface area contributed by atoms with Crippen molar-refractivity contribution in [1.29, 1.82) is 0 Å².